The van der Waals surface area contributed by atoms with E-state index in [0.717, 1.165) is 17.2 Å². The molecule has 0 saturated carbocycles. The van der Waals surface area contributed by atoms with Crippen LogP contribution in [0.15, 0.2) is 29.7 Å². The van der Waals surface area contributed by atoms with Crippen LogP contribution in [-0.4, -0.2) is 14.7 Å². The maximum Gasteiger partial charge on any atom is 0.168 e. The molecule has 1 aromatic carbocycles. The average molecular weight is 234 g/mol. The van der Waals surface area contributed by atoms with Crippen molar-refractivity contribution in [2.45, 2.75) is 0 Å². The fraction of sp³-hybridized carbons (Fsp3) is 0.111. The minimum atomic E-state index is -3.06. The van der Waals surface area contributed by atoms with Gasteiger partial charge in [-0.3, -0.25) is 0 Å². The van der Waals surface area contributed by atoms with Gasteiger partial charge in [-0.1, -0.05) is 12.1 Å². The zero-order chi connectivity index (χ0) is 9.90. The molecule has 3 nitrogen and oxygen atoms in total. The summed E-state index contributed by atoms with van der Waals surface area (Å²) in [6.45, 7) is 0. The maximum atomic E-state index is 10.8. The molecule has 0 aliphatic carbocycles. The summed E-state index contributed by atoms with van der Waals surface area (Å²) in [4.78, 5) is 0. The van der Waals surface area contributed by atoms with Gasteiger partial charge in [0.1, 0.15) is 0 Å². The molecule has 2 N–H and O–H groups in total. The molecule has 0 aliphatic heterocycles. The lowest BCUT2D eigenvalue weighted by molar-refractivity contribution is 0.610. The van der Waals surface area contributed by atoms with Crippen molar-refractivity contribution in [2.75, 3.05) is 12.0 Å². The maximum absolute atomic E-state index is 10.8. The highest BCUT2D eigenvalue weighted by Crippen LogP contribution is 2.08. The van der Waals surface area contributed by atoms with E-state index in [1.165, 1.54) is 6.08 Å². The third kappa shape index (κ3) is 4.89. The van der Waals surface area contributed by atoms with Crippen LogP contribution in [0, 0.1) is 0 Å². The van der Waals surface area contributed by atoms with Gasteiger partial charge in [0.15, 0.2) is 9.84 Å². The fourth-order valence-electron chi connectivity index (χ4n) is 0.865. The first-order chi connectivity index (χ1) is 5.97. The number of sulfone groups is 1. The van der Waals surface area contributed by atoms with Crippen LogP contribution in [0.2, 0.25) is 0 Å². The topological polar surface area (TPSA) is 60.2 Å². The Hall–Kier alpha value is -1.00. The van der Waals surface area contributed by atoms with E-state index in [1.54, 1.807) is 24.3 Å². The van der Waals surface area contributed by atoms with Crippen LogP contribution in [-0.2, 0) is 9.84 Å². The third-order valence-electron chi connectivity index (χ3n) is 1.42. The lowest BCUT2D eigenvalue weighted by atomic mass is 10.2. The van der Waals surface area contributed by atoms with Gasteiger partial charge in [-0.15, -0.1) is 12.4 Å². The summed E-state index contributed by atoms with van der Waals surface area (Å²) >= 11 is 0. The molecule has 0 amide bonds. The number of nitrogen functional groups attached to an aromatic ring is 1. The predicted molar refractivity (Wildman–Crippen MR) is 62.0 cm³/mol. The van der Waals surface area contributed by atoms with Crippen LogP contribution in [0.3, 0.4) is 0 Å². The normalized spacial score (nSPS) is 11.2. The molecule has 5 heteroatoms. The highest BCUT2D eigenvalue weighted by atomic mass is 35.5. The van der Waals surface area contributed by atoms with Crippen molar-refractivity contribution in [1.29, 1.82) is 0 Å². The van der Waals surface area contributed by atoms with Crippen molar-refractivity contribution in [3.8, 4) is 0 Å². The van der Waals surface area contributed by atoms with Crippen molar-refractivity contribution in [3.63, 3.8) is 0 Å². The first kappa shape index (κ1) is 13.0. The highest BCUT2D eigenvalue weighted by Gasteiger charge is 1.93. The molecular weight excluding hydrogens is 222 g/mol. The van der Waals surface area contributed by atoms with Crippen molar-refractivity contribution in [1.82, 2.24) is 0 Å². The van der Waals surface area contributed by atoms with Crippen LogP contribution in [0.5, 0.6) is 0 Å². The summed E-state index contributed by atoms with van der Waals surface area (Å²) in [5.74, 6) is 0. The van der Waals surface area contributed by atoms with Crippen molar-refractivity contribution in [2.24, 2.45) is 0 Å². The fourth-order valence-corrected chi connectivity index (χ4v) is 1.27. The van der Waals surface area contributed by atoms with Gasteiger partial charge in [0.05, 0.1) is 0 Å². The van der Waals surface area contributed by atoms with Crippen LogP contribution in [0.1, 0.15) is 5.56 Å². The molecule has 0 heterocycles. The Morgan fingerprint density at radius 1 is 1.36 bits per heavy atom. The minimum absolute atomic E-state index is 0. The summed E-state index contributed by atoms with van der Waals surface area (Å²) in [5.41, 5.74) is 6.92. The predicted octanol–water partition coefficient (Wildman–Crippen LogP) is 1.71. The molecule has 0 atom stereocenters. The van der Waals surface area contributed by atoms with Gasteiger partial charge >= 0.3 is 0 Å². The van der Waals surface area contributed by atoms with Crippen molar-refractivity contribution >= 4 is 34.0 Å². The number of hydrogen-bond acceptors (Lipinski definition) is 3. The summed E-state index contributed by atoms with van der Waals surface area (Å²) in [7, 11) is -3.06. The van der Waals surface area contributed by atoms with Gasteiger partial charge in [-0.25, -0.2) is 8.42 Å². The van der Waals surface area contributed by atoms with Crippen LogP contribution in [0.25, 0.3) is 6.08 Å². The summed E-state index contributed by atoms with van der Waals surface area (Å²) in [5, 5.41) is 1.15. The van der Waals surface area contributed by atoms with E-state index in [1.807, 2.05) is 0 Å². The second kappa shape index (κ2) is 5.02. The SMILES string of the molecule is CS(=O)(=O)C=Cc1cccc(N)c1.Cl. The standard InChI is InChI=1S/C9H11NO2S.ClH/c1-13(11,12)6-5-8-3-2-4-9(10)7-8;/h2-7H,10H2,1H3;1H. The lowest BCUT2D eigenvalue weighted by Crippen LogP contribution is -1.88. The monoisotopic (exact) mass is 233 g/mol. The Kier molecular flexibility index (Phi) is 4.67. The molecule has 1 rings (SSSR count). The van der Waals surface area contributed by atoms with Gasteiger partial charge in [0.25, 0.3) is 0 Å². The smallest absolute Gasteiger partial charge is 0.168 e. The van der Waals surface area contributed by atoms with Crippen LogP contribution >= 0.6 is 12.4 Å². The summed E-state index contributed by atoms with van der Waals surface area (Å²) in [6.07, 6.45) is 2.67. The van der Waals surface area contributed by atoms with E-state index in [-0.39, 0.29) is 12.4 Å². The van der Waals surface area contributed by atoms with Gasteiger partial charge < -0.3 is 5.73 Å². The zero-order valence-corrected chi connectivity index (χ0v) is 9.31. The van der Waals surface area contributed by atoms with Crippen LogP contribution < -0.4 is 5.73 Å². The van der Waals surface area contributed by atoms with E-state index in [4.69, 9.17) is 5.73 Å². The molecule has 78 valence electrons. The Morgan fingerprint density at radius 3 is 2.50 bits per heavy atom. The quantitative estimate of drug-likeness (QED) is 0.791. The molecule has 0 spiro atoms. The first-order valence-electron chi connectivity index (χ1n) is 3.71. The second-order valence-electron chi connectivity index (χ2n) is 2.80. The van der Waals surface area contributed by atoms with Gasteiger partial charge in [-0.2, -0.15) is 0 Å². The Bertz CT molecular complexity index is 426. The zero-order valence-electron chi connectivity index (χ0n) is 7.67. The van der Waals surface area contributed by atoms with E-state index >= 15 is 0 Å². The van der Waals surface area contributed by atoms with E-state index in [2.05, 4.69) is 0 Å². The van der Waals surface area contributed by atoms with Gasteiger partial charge in [0.2, 0.25) is 0 Å². The molecule has 0 unspecified atom stereocenters. The van der Waals surface area contributed by atoms with Crippen molar-refractivity contribution < 1.29 is 8.42 Å². The number of nitrogens with two attached hydrogens (primary N) is 1. The first-order valence-corrected chi connectivity index (χ1v) is 5.66. The third-order valence-corrected chi connectivity index (χ3v) is 2.05. The molecule has 14 heavy (non-hydrogen) atoms. The number of benzene rings is 1. The minimum Gasteiger partial charge on any atom is -0.399 e. The van der Waals surface area contributed by atoms with Gasteiger partial charge in [0, 0.05) is 17.4 Å². The van der Waals surface area contributed by atoms with E-state index in [0.29, 0.717) is 5.69 Å². The van der Waals surface area contributed by atoms with Crippen LogP contribution in [0.4, 0.5) is 5.69 Å². The molecule has 0 bridgehead atoms. The molecule has 0 radical (unpaired) electrons. The molecule has 0 aromatic heterocycles. The lowest BCUT2D eigenvalue weighted by Gasteiger charge is -1.94. The molecule has 0 fully saturated rings. The summed E-state index contributed by atoms with van der Waals surface area (Å²) < 4.78 is 21.5. The Morgan fingerprint density at radius 2 is 2.00 bits per heavy atom. The second-order valence-corrected chi connectivity index (χ2v) is 4.73. The Labute approximate surface area is 90.0 Å². The molecule has 1 aromatic rings. The largest absolute Gasteiger partial charge is 0.399 e. The number of anilines is 1. The van der Waals surface area contributed by atoms with Crippen molar-refractivity contribution in [3.05, 3.63) is 35.2 Å². The molecule has 0 saturated heterocycles. The van der Waals surface area contributed by atoms with E-state index < -0.39 is 9.84 Å². The number of halogens is 1. The number of hydrogen-bond donors (Lipinski definition) is 1. The molecule has 0 aliphatic rings. The summed E-state index contributed by atoms with van der Waals surface area (Å²) in [6, 6.07) is 7.02. The van der Waals surface area contributed by atoms with E-state index in [9.17, 15) is 8.42 Å². The highest BCUT2D eigenvalue weighted by molar-refractivity contribution is 7.93. The van der Waals surface area contributed by atoms with Gasteiger partial charge in [-0.05, 0) is 23.8 Å². The average Bonchev–Trinajstić information content (AvgIpc) is 2.00. The number of rotatable bonds is 2. The Balaban J connectivity index is 0.00000169. The molecular formula is C9H12ClNO2S.